The molecular weight excluding hydrogens is 408 g/mol. The Morgan fingerprint density at radius 2 is 1.55 bits per heavy atom. The van der Waals surface area contributed by atoms with Gasteiger partial charge in [0.15, 0.2) is 5.41 Å². The van der Waals surface area contributed by atoms with Crippen molar-refractivity contribution in [3.63, 3.8) is 0 Å². The van der Waals surface area contributed by atoms with E-state index in [1.54, 1.807) is 30.3 Å². The molecule has 0 radical (unpaired) electrons. The highest BCUT2D eigenvalue weighted by Crippen LogP contribution is 2.42. The number of rotatable bonds is 5. The summed E-state index contributed by atoms with van der Waals surface area (Å²) >= 11 is 0. The van der Waals surface area contributed by atoms with E-state index < -0.39 is 60.4 Å². The maximum absolute atomic E-state index is 13.4. The average Bonchev–Trinajstić information content (AvgIpc) is 2.78. The molecule has 5 atom stereocenters. The summed E-state index contributed by atoms with van der Waals surface area (Å²) in [6, 6.07) is 5.93. The standard InChI is InChI=1S/C21H26N2O8/c1-4-11-5-7-12(8-6-11)9-21(18(28)22(2)20(30)23(3)19(21)29)17-16(27)15(26)14(25)13(10-24)31-17/h4-8,13-17,24-27H,1,9-10H2,2-3H3/t13-,14-,15+,16-,17-/m1/s1. The summed E-state index contributed by atoms with van der Waals surface area (Å²) in [7, 11) is 2.40. The molecule has 4 amide bonds. The number of aliphatic hydroxyl groups excluding tert-OH is 4. The largest absolute Gasteiger partial charge is 0.394 e. The number of barbiturate groups is 1. The van der Waals surface area contributed by atoms with E-state index in [0.717, 1.165) is 15.4 Å². The minimum Gasteiger partial charge on any atom is -0.394 e. The normalized spacial score (nSPS) is 31.2. The molecule has 1 aromatic rings. The highest BCUT2D eigenvalue weighted by molar-refractivity contribution is 6.19. The summed E-state index contributed by atoms with van der Waals surface area (Å²) in [5.41, 5.74) is -0.794. The topological polar surface area (TPSA) is 148 Å². The number of imide groups is 2. The van der Waals surface area contributed by atoms with Crippen molar-refractivity contribution in [3.05, 3.63) is 42.0 Å². The van der Waals surface area contributed by atoms with Gasteiger partial charge in [0.1, 0.15) is 30.5 Å². The number of urea groups is 1. The number of carbonyl (C=O) groups excluding carboxylic acids is 3. The summed E-state index contributed by atoms with van der Waals surface area (Å²) in [5, 5.41) is 40.7. The molecular formula is C21H26N2O8. The molecule has 1 aromatic carbocycles. The second kappa shape index (κ2) is 8.48. The van der Waals surface area contributed by atoms with Crippen LogP contribution in [0.3, 0.4) is 0 Å². The van der Waals surface area contributed by atoms with Gasteiger partial charge < -0.3 is 25.2 Å². The Hall–Kier alpha value is -2.63. The fourth-order valence-corrected chi connectivity index (χ4v) is 4.19. The molecule has 168 valence electrons. The lowest BCUT2D eigenvalue weighted by molar-refractivity contribution is -0.255. The van der Waals surface area contributed by atoms with Crippen LogP contribution in [0, 0.1) is 5.41 Å². The number of hydrogen-bond donors (Lipinski definition) is 4. The van der Waals surface area contributed by atoms with Gasteiger partial charge in [-0.25, -0.2) is 4.79 Å². The van der Waals surface area contributed by atoms with Crippen LogP contribution in [0.2, 0.25) is 0 Å². The number of nitrogens with zero attached hydrogens (tertiary/aromatic N) is 2. The van der Waals surface area contributed by atoms with Crippen molar-refractivity contribution in [2.24, 2.45) is 5.41 Å². The molecule has 2 saturated heterocycles. The van der Waals surface area contributed by atoms with E-state index in [1.165, 1.54) is 14.1 Å². The zero-order chi connectivity index (χ0) is 23.1. The Bertz CT molecular complexity index is 860. The van der Waals surface area contributed by atoms with Crippen LogP contribution >= 0.6 is 0 Å². The highest BCUT2D eigenvalue weighted by atomic mass is 16.5. The van der Waals surface area contributed by atoms with Crippen LogP contribution in [-0.2, 0) is 20.7 Å². The smallest absolute Gasteiger partial charge is 0.332 e. The minimum atomic E-state index is -2.12. The van der Waals surface area contributed by atoms with Crippen LogP contribution in [-0.4, -0.2) is 99.3 Å². The zero-order valence-corrected chi connectivity index (χ0v) is 17.2. The molecule has 0 aliphatic carbocycles. The third-order valence-corrected chi connectivity index (χ3v) is 6.02. The van der Waals surface area contributed by atoms with E-state index in [2.05, 4.69) is 6.58 Å². The molecule has 3 rings (SSSR count). The number of ether oxygens (including phenoxy) is 1. The first-order valence-electron chi connectivity index (χ1n) is 9.72. The van der Waals surface area contributed by atoms with E-state index in [-0.39, 0.29) is 6.42 Å². The summed E-state index contributed by atoms with van der Waals surface area (Å²) in [6.45, 7) is 2.95. The fourth-order valence-electron chi connectivity index (χ4n) is 4.19. The molecule has 10 heteroatoms. The molecule has 2 aliphatic heterocycles. The van der Waals surface area contributed by atoms with Crippen molar-refractivity contribution in [3.8, 4) is 0 Å². The van der Waals surface area contributed by atoms with E-state index in [9.17, 15) is 34.8 Å². The Morgan fingerprint density at radius 3 is 2.03 bits per heavy atom. The Labute approximate surface area is 178 Å². The van der Waals surface area contributed by atoms with Crippen LogP contribution in [0.4, 0.5) is 4.79 Å². The maximum atomic E-state index is 13.4. The van der Waals surface area contributed by atoms with E-state index in [4.69, 9.17) is 4.74 Å². The van der Waals surface area contributed by atoms with Gasteiger partial charge in [0.2, 0.25) is 11.8 Å². The van der Waals surface area contributed by atoms with Gasteiger partial charge in [-0.2, -0.15) is 0 Å². The van der Waals surface area contributed by atoms with Crippen LogP contribution in [0.25, 0.3) is 6.08 Å². The third-order valence-electron chi connectivity index (χ3n) is 6.02. The molecule has 2 fully saturated rings. The van der Waals surface area contributed by atoms with Crippen LogP contribution < -0.4 is 0 Å². The lowest BCUT2D eigenvalue weighted by atomic mass is 9.69. The number of hydrogen-bond acceptors (Lipinski definition) is 8. The summed E-state index contributed by atoms with van der Waals surface area (Å²) in [6.07, 6.45) is -6.89. The van der Waals surface area contributed by atoms with Gasteiger partial charge in [-0.15, -0.1) is 0 Å². The number of carbonyl (C=O) groups is 3. The molecule has 0 spiro atoms. The molecule has 10 nitrogen and oxygen atoms in total. The second-order valence-corrected chi connectivity index (χ2v) is 7.85. The van der Waals surface area contributed by atoms with Crippen molar-refractivity contribution < 1.29 is 39.5 Å². The first-order chi connectivity index (χ1) is 14.6. The number of benzene rings is 1. The van der Waals surface area contributed by atoms with Crippen molar-refractivity contribution in [2.45, 2.75) is 36.9 Å². The molecule has 2 aliphatic rings. The van der Waals surface area contributed by atoms with Crippen LogP contribution in [0.1, 0.15) is 11.1 Å². The fraction of sp³-hybridized carbons (Fsp3) is 0.476. The molecule has 0 aromatic heterocycles. The van der Waals surface area contributed by atoms with Gasteiger partial charge in [0.25, 0.3) is 0 Å². The van der Waals surface area contributed by atoms with E-state index >= 15 is 0 Å². The predicted octanol–water partition coefficient (Wildman–Crippen LogP) is -1.25. The molecule has 0 bridgehead atoms. The maximum Gasteiger partial charge on any atom is 0.332 e. The highest BCUT2D eigenvalue weighted by Gasteiger charge is 2.65. The molecule has 31 heavy (non-hydrogen) atoms. The average molecular weight is 434 g/mol. The van der Waals surface area contributed by atoms with Gasteiger partial charge in [-0.05, 0) is 17.5 Å². The van der Waals surface area contributed by atoms with Gasteiger partial charge in [0.05, 0.1) is 6.61 Å². The zero-order valence-electron chi connectivity index (χ0n) is 17.2. The Balaban J connectivity index is 2.16. The van der Waals surface area contributed by atoms with Gasteiger partial charge in [-0.1, -0.05) is 36.9 Å². The Kier molecular flexibility index (Phi) is 6.30. The summed E-state index contributed by atoms with van der Waals surface area (Å²) < 4.78 is 5.63. The first kappa shape index (κ1) is 23.0. The van der Waals surface area contributed by atoms with E-state index in [0.29, 0.717) is 5.56 Å². The Morgan fingerprint density at radius 1 is 1.00 bits per heavy atom. The molecule has 0 unspecified atom stereocenters. The van der Waals surface area contributed by atoms with Crippen LogP contribution in [0.5, 0.6) is 0 Å². The van der Waals surface area contributed by atoms with Crippen LogP contribution in [0.15, 0.2) is 30.8 Å². The predicted molar refractivity (Wildman–Crippen MR) is 107 cm³/mol. The second-order valence-electron chi connectivity index (χ2n) is 7.85. The quantitative estimate of drug-likeness (QED) is 0.420. The van der Waals surface area contributed by atoms with Crippen molar-refractivity contribution in [2.75, 3.05) is 20.7 Å². The summed E-state index contributed by atoms with van der Waals surface area (Å²) in [5.74, 6) is -1.84. The monoisotopic (exact) mass is 434 g/mol. The molecule has 2 heterocycles. The lowest BCUT2D eigenvalue weighted by Gasteiger charge is -2.50. The molecule has 4 N–H and O–H groups in total. The first-order valence-corrected chi connectivity index (χ1v) is 9.72. The van der Waals surface area contributed by atoms with Crippen molar-refractivity contribution >= 4 is 23.9 Å². The SMILES string of the molecule is C=Cc1ccc(CC2([C@@H]3O[C@H](CO)[C@@H](O)[C@H](O)[C@H]3O)C(=O)N(C)C(=O)N(C)C2=O)cc1. The molecule has 0 saturated carbocycles. The number of amides is 4. The third kappa shape index (κ3) is 3.56. The van der Waals surface area contributed by atoms with Gasteiger partial charge in [-0.3, -0.25) is 19.4 Å². The number of aliphatic hydroxyl groups is 4. The van der Waals surface area contributed by atoms with Crippen molar-refractivity contribution in [1.29, 1.82) is 0 Å². The summed E-state index contributed by atoms with van der Waals surface area (Å²) in [4.78, 5) is 40.7. The van der Waals surface area contributed by atoms with Gasteiger partial charge >= 0.3 is 6.03 Å². The lowest BCUT2D eigenvalue weighted by Crippen LogP contribution is -2.73. The van der Waals surface area contributed by atoms with E-state index in [1.807, 2.05) is 0 Å². The van der Waals surface area contributed by atoms with Gasteiger partial charge in [0, 0.05) is 14.1 Å². The van der Waals surface area contributed by atoms with Crippen molar-refractivity contribution in [1.82, 2.24) is 9.80 Å². The minimum absolute atomic E-state index is 0.257.